The Bertz CT molecular complexity index is 334. The molecule has 2 fully saturated rings. The van der Waals surface area contributed by atoms with Crippen LogP contribution in [0.3, 0.4) is 0 Å². The van der Waals surface area contributed by atoms with Crippen LogP contribution in [0.5, 0.6) is 0 Å². The van der Waals surface area contributed by atoms with Crippen LogP contribution < -0.4 is 5.32 Å². The molecule has 0 aromatic rings. The minimum absolute atomic E-state index is 0.259. The van der Waals surface area contributed by atoms with Crippen molar-refractivity contribution in [3.05, 3.63) is 11.1 Å². The van der Waals surface area contributed by atoms with Gasteiger partial charge in [0.15, 0.2) is 0 Å². The molecule has 0 aromatic heterocycles. The van der Waals surface area contributed by atoms with Gasteiger partial charge in [0.05, 0.1) is 0 Å². The molecule has 1 saturated heterocycles. The maximum atomic E-state index is 5.90. The average Bonchev–Trinajstić information content (AvgIpc) is 2.44. The Hall–Kier alpha value is -0.0500. The average molecular weight is 285 g/mol. The van der Waals surface area contributed by atoms with E-state index in [9.17, 15) is 0 Å². The van der Waals surface area contributed by atoms with Crippen LogP contribution >= 0.6 is 11.6 Å². The summed E-state index contributed by atoms with van der Waals surface area (Å²) in [6.45, 7) is 10.1. The number of hydrogen-bond acceptors (Lipinski definition) is 2. The van der Waals surface area contributed by atoms with Crippen molar-refractivity contribution >= 4 is 11.6 Å². The summed E-state index contributed by atoms with van der Waals surface area (Å²) in [5.74, 6) is 0. The highest BCUT2D eigenvalue weighted by atomic mass is 35.5. The molecule has 0 bridgehead atoms. The minimum Gasteiger partial charge on any atom is -0.308 e. The largest absolute Gasteiger partial charge is 0.308 e. The molecule has 1 heterocycles. The molecule has 1 N–H and O–H groups in total. The fraction of sp³-hybridized carbons (Fsp3) is 0.875. The van der Waals surface area contributed by atoms with Gasteiger partial charge in [0.25, 0.3) is 0 Å². The van der Waals surface area contributed by atoms with Gasteiger partial charge in [-0.25, -0.2) is 0 Å². The van der Waals surface area contributed by atoms with E-state index in [0.717, 1.165) is 19.6 Å². The first-order chi connectivity index (χ1) is 9.03. The van der Waals surface area contributed by atoms with Crippen molar-refractivity contribution in [3.63, 3.8) is 0 Å². The minimum atomic E-state index is 0.259. The Morgan fingerprint density at radius 3 is 2.58 bits per heavy atom. The van der Waals surface area contributed by atoms with E-state index in [4.69, 9.17) is 11.6 Å². The number of piperazine rings is 1. The van der Waals surface area contributed by atoms with E-state index in [0.29, 0.717) is 5.54 Å². The normalized spacial score (nSPS) is 32.7. The molecule has 1 spiro atoms. The van der Waals surface area contributed by atoms with Crippen molar-refractivity contribution in [2.45, 2.75) is 70.4 Å². The molecule has 0 radical (unpaired) electrons. The molecule has 3 heteroatoms. The van der Waals surface area contributed by atoms with Gasteiger partial charge in [0.2, 0.25) is 0 Å². The predicted molar refractivity (Wildman–Crippen MR) is 83.7 cm³/mol. The summed E-state index contributed by atoms with van der Waals surface area (Å²) in [4.78, 5) is 2.72. The lowest BCUT2D eigenvalue weighted by molar-refractivity contribution is -0.00883. The summed E-state index contributed by atoms with van der Waals surface area (Å²) in [7, 11) is 0. The van der Waals surface area contributed by atoms with Gasteiger partial charge in [-0.2, -0.15) is 0 Å². The number of hydrogen-bond donors (Lipinski definition) is 1. The smallest absolute Gasteiger partial charge is 0.0338 e. The van der Waals surface area contributed by atoms with Crippen LogP contribution in [0.2, 0.25) is 0 Å². The molecule has 1 atom stereocenters. The van der Waals surface area contributed by atoms with Gasteiger partial charge in [-0.05, 0) is 38.7 Å². The molecule has 1 saturated carbocycles. The van der Waals surface area contributed by atoms with Gasteiger partial charge >= 0.3 is 0 Å². The van der Waals surface area contributed by atoms with Crippen LogP contribution in [-0.4, -0.2) is 35.6 Å². The van der Waals surface area contributed by atoms with Gasteiger partial charge in [-0.3, -0.25) is 4.90 Å². The van der Waals surface area contributed by atoms with E-state index in [2.05, 4.69) is 31.0 Å². The molecule has 1 aliphatic heterocycles. The molecule has 0 aromatic carbocycles. The lowest BCUT2D eigenvalue weighted by atomic mass is 9.76. The number of nitrogens with zero attached hydrogens (tertiary/aromatic N) is 1. The van der Waals surface area contributed by atoms with Crippen LogP contribution in [0.1, 0.15) is 59.3 Å². The highest BCUT2D eigenvalue weighted by Crippen LogP contribution is 2.38. The molecule has 2 rings (SSSR count). The van der Waals surface area contributed by atoms with E-state index < -0.39 is 0 Å². The lowest BCUT2D eigenvalue weighted by Crippen LogP contribution is -2.69. The second-order valence-corrected chi connectivity index (χ2v) is 7.08. The van der Waals surface area contributed by atoms with Crippen LogP contribution in [0.25, 0.3) is 0 Å². The quantitative estimate of drug-likeness (QED) is 0.845. The molecular formula is C16H29ClN2. The van der Waals surface area contributed by atoms with Crippen LogP contribution in [0.4, 0.5) is 0 Å². The third-order valence-electron chi connectivity index (χ3n) is 5.25. The third-order valence-corrected chi connectivity index (χ3v) is 5.62. The van der Waals surface area contributed by atoms with E-state index in [-0.39, 0.29) is 5.54 Å². The van der Waals surface area contributed by atoms with Crippen molar-refractivity contribution in [1.29, 1.82) is 0 Å². The highest BCUT2D eigenvalue weighted by Gasteiger charge is 2.45. The van der Waals surface area contributed by atoms with Crippen LogP contribution in [-0.2, 0) is 0 Å². The van der Waals surface area contributed by atoms with E-state index in [1.807, 2.05) is 0 Å². The zero-order valence-corrected chi connectivity index (χ0v) is 13.5. The van der Waals surface area contributed by atoms with E-state index in [1.54, 1.807) is 5.54 Å². The fourth-order valence-electron chi connectivity index (χ4n) is 3.63. The zero-order valence-electron chi connectivity index (χ0n) is 12.8. The molecule has 110 valence electrons. The summed E-state index contributed by atoms with van der Waals surface area (Å²) in [6.07, 6.45) is 8.04. The molecule has 0 amide bonds. The molecule has 1 aliphatic carbocycles. The summed E-state index contributed by atoms with van der Waals surface area (Å²) < 4.78 is 0. The molecule has 1 unspecified atom stereocenters. The van der Waals surface area contributed by atoms with Gasteiger partial charge in [-0.15, -0.1) is 0 Å². The summed E-state index contributed by atoms with van der Waals surface area (Å²) in [5, 5.41) is 3.83. The number of nitrogens with one attached hydrogen (secondary N) is 1. The maximum absolute atomic E-state index is 5.90. The van der Waals surface area contributed by atoms with Gasteiger partial charge in [-0.1, -0.05) is 37.8 Å². The summed E-state index contributed by atoms with van der Waals surface area (Å²) >= 11 is 5.90. The third kappa shape index (κ3) is 3.34. The van der Waals surface area contributed by atoms with Crippen molar-refractivity contribution in [2.24, 2.45) is 0 Å². The van der Waals surface area contributed by atoms with Crippen molar-refractivity contribution in [2.75, 3.05) is 19.6 Å². The Balaban J connectivity index is 2.17. The van der Waals surface area contributed by atoms with Gasteiger partial charge in [0.1, 0.15) is 0 Å². The van der Waals surface area contributed by atoms with Crippen molar-refractivity contribution < 1.29 is 0 Å². The molecule has 2 nitrogen and oxygen atoms in total. The Kier molecular flexibility index (Phi) is 4.97. The zero-order chi connectivity index (χ0) is 13.9. The fourth-order valence-corrected chi connectivity index (χ4v) is 3.70. The standard InChI is InChI=1S/C16H29ClN2/c1-4-15(3)13-19(11-14(2)10-17)16(12-18-15)8-6-5-7-9-16/h10,18H,4-9,11-13H2,1-3H3. The van der Waals surface area contributed by atoms with Crippen molar-refractivity contribution in [3.8, 4) is 0 Å². The maximum Gasteiger partial charge on any atom is 0.0338 e. The molecule has 2 aliphatic rings. The monoisotopic (exact) mass is 284 g/mol. The van der Waals surface area contributed by atoms with Gasteiger partial charge < -0.3 is 5.32 Å². The first kappa shape index (κ1) is 15.3. The number of halogens is 1. The predicted octanol–water partition coefficient (Wildman–Crippen LogP) is 3.91. The van der Waals surface area contributed by atoms with E-state index >= 15 is 0 Å². The SMILES string of the molecule is CCC1(C)CN(CC(C)=CCl)C2(CCCCC2)CN1. The van der Waals surface area contributed by atoms with Crippen LogP contribution in [0, 0.1) is 0 Å². The Morgan fingerprint density at radius 1 is 1.32 bits per heavy atom. The summed E-state index contributed by atoms with van der Waals surface area (Å²) in [6, 6.07) is 0. The highest BCUT2D eigenvalue weighted by molar-refractivity contribution is 6.25. The summed E-state index contributed by atoms with van der Waals surface area (Å²) in [5.41, 5.74) is 3.68. The van der Waals surface area contributed by atoms with Crippen LogP contribution in [0.15, 0.2) is 11.1 Å². The first-order valence-electron chi connectivity index (χ1n) is 7.79. The topological polar surface area (TPSA) is 15.3 Å². The Labute approximate surface area is 123 Å². The van der Waals surface area contributed by atoms with Gasteiger partial charge in [0, 0.05) is 36.2 Å². The number of rotatable bonds is 3. The van der Waals surface area contributed by atoms with Crippen molar-refractivity contribution in [1.82, 2.24) is 10.2 Å². The second kappa shape index (κ2) is 6.15. The lowest BCUT2D eigenvalue weighted by Gasteiger charge is -2.55. The molecular weight excluding hydrogens is 256 g/mol. The van der Waals surface area contributed by atoms with E-state index in [1.165, 1.54) is 44.1 Å². The first-order valence-corrected chi connectivity index (χ1v) is 8.23. The second-order valence-electron chi connectivity index (χ2n) is 6.86. The molecule has 19 heavy (non-hydrogen) atoms. The Morgan fingerprint density at radius 2 is 2.00 bits per heavy atom.